The third-order valence-corrected chi connectivity index (χ3v) is 5.84. The van der Waals surface area contributed by atoms with Gasteiger partial charge in [-0.3, -0.25) is 0 Å². The van der Waals surface area contributed by atoms with Crippen LogP contribution in [0.4, 0.5) is 0 Å². The van der Waals surface area contributed by atoms with Gasteiger partial charge in [0.05, 0.1) is 0 Å². The first kappa shape index (κ1) is 11.5. The minimum atomic E-state index is 0.379. The molecule has 0 saturated carbocycles. The highest BCUT2D eigenvalue weighted by Gasteiger charge is 2.19. The van der Waals surface area contributed by atoms with E-state index in [-0.39, 0.29) is 0 Å². The number of phenolic OH excluding ortho intramolecular Hbond substituents is 1. The summed E-state index contributed by atoms with van der Waals surface area (Å²) in [7, 11) is 0. The molecule has 0 aliphatic heterocycles. The van der Waals surface area contributed by atoms with Gasteiger partial charge in [-0.2, -0.15) is 0 Å². The molecule has 0 heterocycles. The maximum Gasteiger partial charge on any atom is 0.123 e. The van der Waals surface area contributed by atoms with Gasteiger partial charge >= 0.3 is 0 Å². The lowest BCUT2D eigenvalue weighted by molar-refractivity contribution is 0.482. The number of halogens is 1. The second-order valence-corrected chi connectivity index (χ2v) is 6.56. The van der Waals surface area contributed by atoms with E-state index in [9.17, 15) is 5.11 Å². The lowest BCUT2D eigenvalue weighted by Crippen LogP contribution is -2.18. The Morgan fingerprint density at radius 1 is 1.05 bits per heavy atom. The van der Waals surface area contributed by atoms with Crippen LogP contribution in [0.25, 0.3) is 25.1 Å². The van der Waals surface area contributed by atoms with Crippen molar-refractivity contribution in [3.8, 4) is 5.75 Å². The van der Waals surface area contributed by atoms with Crippen LogP contribution in [0.15, 0.2) is 36.4 Å². The highest BCUT2D eigenvalue weighted by molar-refractivity contribution is 14.1. The molecular formula is C17H13IO. The van der Waals surface area contributed by atoms with Gasteiger partial charge in [-0.1, -0.05) is 37.3 Å². The van der Waals surface area contributed by atoms with Crippen molar-refractivity contribution in [2.75, 3.05) is 0 Å². The monoisotopic (exact) mass is 360 g/mol. The molecule has 1 nitrogen and oxygen atoms in total. The van der Waals surface area contributed by atoms with Gasteiger partial charge in [0.15, 0.2) is 0 Å². The van der Waals surface area contributed by atoms with Gasteiger partial charge < -0.3 is 5.11 Å². The molecule has 2 heteroatoms. The fraction of sp³-hybridized carbons (Fsp3) is 0.176. The zero-order chi connectivity index (χ0) is 13.1. The Labute approximate surface area is 125 Å². The molecular weight excluding hydrogens is 347 g/mol. The number of hydrogen-bond donors (Lipinski definition) is 1. The van der Waals surface area contributed by atoms with Gasteiger partial charge in [0.1, 0.15) is 5.75 Å². The molecule has 3 aromatic rings. The molecule has 4 rings (SSSR count). The first-order chi connectivity index (χ1) is 9.16. The molecule has 1 unspecified atom stereocenters. The molecule has 0 fully saturated rings. The SMILES string of the molecule is CC1Cc2ccc3c(O)ccc4ccc(c2c43)=C1I. The Morgan fingerprint density at radius 3 is 2.68 bits per heavy atom. The lowest BCUT2D eigenvalue weighted by atomic mass is 9.86. The summed E-state index contributed by atoms with van der Waals surface area (Å²) < 4.78 is 1.43. The van der Waals surface area contributed by atoms with Gasteiger partial charge in [-0.15, -0.1) is 0 Å². The molecule has 1 aliphatic carbocycles. The van der Waals surface area contributed by atoms with E-state index in [1.54, 1.807) is 6.07 Å². The van der Waals surface area contributed by atoms with Crippen LogP contribution in [-0.4, -0.2) is 5.11 Å². The summed E-state index contributed by atoms with van der Waals surface area (Å²) in [5, 5.41) is 16.2. The molecule has 1 aliphatic rings. The number of aromatic hydroxyl groups is 1. The number of rotatable bonds is 0. The first-order valence-electron chi connectivity index (χ1n) is 6.52. The first-order valence-corrected chi connectivity index (χ1v) is 7.60. The van der Waals surface area contributed by atoms with Crippen molar-refractivity contribution in [2.24, 2.45) is 5.92 Å². The van der Waals surface area contributed by atoms with E-state index in [2.05, 4.69) is 53.8 Å². The Hall–Kier alpha value is -1.29. The minimum Gasteiger partial charge on any atom is -0.507 e. The molecule has 1 N–H and O–H groups in total. The molecule has 3 aromatic carbocycles. The Balaban J connectivity index is 2.39. The van der Waals surface area contributed by atoms with Gasteiger partial charge in [-0.25, -0.2) is 0 Å². The molecule has 19 heavy (non-hydrogen) atoms. The zero-order valence-electron chi connectivity index (χ0n) is 10.6. The summed E-state index contributed by atoms with van der Waals surface area (Å²) in [6.07, 6.45) is 1.09. The van der Waals surface area contributed by atoms with Crippen molar-refractivity contribution in [1.82, 2.24) is 0 Å². The third-order valence-electron chi connectivity index (χ3n) is 4.19. The van der Waals surface area contributed by atoms with Crippen LogP contribution in [0, 0.1) is 5.92 Å². The van der Waals surface area contributed by atoms with Crippen LogP contribution in [-0.2, 0) is 6.42 Å². The Morgan fingerprint density at radius 2 is 1.84 bits per heavy atom. The van der Waals surface area contributed by atoms with E-state index >= 15 is 0 Å². The second kappa shape index (κ2) is 3.85. The minimum absolute atomic E-state index is 0.379. The van der Waals surface area contributed by atoms with Crippen molar-refractivity contribution >= 4 is 47.7 Å². The van der Waals surface area contributed by atoms with Crippen LogP contribution in [0.1, 0.15) is 12.5 Å². The van der Waals surface area contributed by atoms with Crippen LogP contribution in [0.2, 0.25) is 0 Å². The number of hydrogen-bond acceptors (Lipinski definition) is 1. The van der Waals surface area contributed by atoms with E-state index < -0.39 is 0 Å². The van der Waals surface area contributed by atoms with Crippen molar-refractivity contribution in [2.45, 2.75) is 13.3 Å². The predicted octanol–water partition coefficient (Wildman–Crippen LogP) is 4.15. The average molecular weight is 360 g/mol. The van der Waals surface area contributed by atoms with Crippen LogP contribution < -0.4 is 5.22 Å². The summed E-state index contributed by atoms with van der Waals surface area (Å²) in [5.41, 5.74) is 1.41. The molecule has 0 spiro atoms. The molecule has 0 amide bonds. The van der Waals surface area contributed by atoms with Crippen LogP contribution in [0.3, 0.4) is 0 Å². The van der Waals surface area contributed by atoms with Crippen LogP contribution >= 0.6 is 22.6 Å². The molecule has 1 atom stereocenters. The largest absolute Gasteiger partial charge is 0.507 e. The molecule has 0 saturated heterocycles. The van der Waals surface area contributed by atoms with Gasteiger partial charge in [0, 0.05) is 14.4 Å². The maximum absolute atomic E-state index is 10.1. The lowest BCUT2D eigenvalue weighted by Gasteiger charge is -2.21. The van der Waals surface area contributed by atoms with E-state index in [4.69, 9.17) is 0 Å². The smallest absolute Gasteiger partial charge is 0.123 e. The summed E-state index contributed by atoms with van der Waals surface area (Å²) in [6.45, 7) is 2.29. The van der Waals surface area contributed by atoms with Gasteiger partial charge in [0.25, 0.3) is 0 Å². The highest BCUT2D eigenvalue weighted by Crippen LogP contribution is 2.37. The fourth-order valence-electron chi connectivity index (χ4n) is 3.26. The van der Waals surface area contributed by atoms with Crippen molar-refractivity contribution in [1.29, 1.82) is 0 Å². The van der Waals surface area contributed by atoms with Crippen molar-refractivity contribution in [3.63, 3.8) is 0 Å². The van der Waals surface area contributed by atoms with Gasteiger partial charge in [-0.05, 0) is 62.6 Å². The molecule has 0 radical (unpaired) electrons. The highest BCUT2D eigenvalue weighted by atomic mass is 127. The Bertz CT molecular complexity index is 879. The molecule has 0 bridgehead atoms. The Kier molecular flexibility index (Phi) is 2.34. The van der Waals surface area contributed by atoms with Crippen LogP contribution in [0.5, 0.6) is 5.75 Å². The second-order valence-electron chi connectivity index (χ2n) is 5.40. The van der Waals surface area contributed by atoms with E-state index in [0.29, 0.717) is 11.7 Å². The fourth-order valence-corrected chi connectivity index (χ4v) is 3.93. The topological polar surface area (TPSA) is 20.2 Å². The summed E-state index contributed by atoms with van der Waals surface area (Å²) in [6, 6.07) is 12.4. The zero-order valence-corrected chi connectivity index (χ0v) is 12.7. The van der Waals surface area contributed by atoms with Crippen molar-refractivity contribution < 1.29 is 5.11 Å². The maximum atomic E-state index is 10.1. The average Bonchev–Trinajstić information content (AvgIpc) is 2.42. The predicted molar refractivity (Wildman–Crippen MR) is 88.6 cm³/mol. The van der Waals surface area contributed by atoms with Gasteiger partial charge in [0.2, 0.25) is 0 Å². The summed E-state index contributed by atoms with van der Waals surface area (Å²) >= 11 is 2.48. The normalized spacial score (nSPS) is 18.4. The quantitative estimate of drug-likeness (QED) is 0.597. The summed E-state index contributed by atoms with van der Waals surface area (Å²) in [4.78, 5) is 0. The summed E-state index contributed by atoms with van der Waals surface area (Å²) in [5.74, 6) is 0.967. The standard InChI is InChI=1S/C17H13IO/c1-9-8-11-3-5-12-14(19)7-4-10-2-6-13(17(9)18)16(11)15(10)12/h2-7,9,19H,8H2,1H3. The third kappa shape index (κ3) is 1.46. The molecule has 0 aromatic heterocycles. The van der Waals surface area contributed by atoms with Crippen molar-refractivity contribution in [3.05, 3.63) is 47.2 Å². The van der Waals surface area contributed by atoms with E-state index in [0.717, 1.165) is 11.8 Å². The number of phenols is 1. The van der Waals surface area contributed by atoms with E-state index in [1.807, 2.05) is 6.07 Å². The molecule has 94 valence electrons. The number of benzene rings is 3. The van der Waals surface area contributed by atoms with E-state index in [1.165, 1.54) is 30.5 Å².